The number of rotatable bonds is 6. The number of nitro benzene ring substituents is 1. The van der Waals surface area contributed by atoms with E-state index in [4.69, 9.17) is 27.9 Å². The van der Waals surface area contributed by atoms with Gasteiger partial charge in [0.05, 0.1) is 33.8 Å². The van der Waals surface area contributed by atoms with E-state index in [2.05, 4.69) is 10.5 Å². The van der Waals surface area contributed by atoms with Gasteiger partial charge in [0.25, 0.3) is 5.69 Å². The summed E-state index contributed by atoms with van der Waals surface area (Å²) in [6.45, 7) is 2.62. The number of benzene rings is 2. The number of sulfonamides is 1. The van der Waals surface area contributed by atoms with Crippen LogP contribution in [0, 0.1) is 10.1 Å². The number of nitrogens with zero attached hydrogens (tertiary/aromatic N) is 3. The Labute approximate surface area is 183 Å². The van der Waals surface area contributed by atoms with Crippen molar-refractivity contribution >= 4 is 50.3 Å². The molecule has 1 N–H and O–H groups in total. The van der Waals surface area contributed by atoms with Crippen LogP contribution in [0.15, 0.2) is 46.4 Å². The number of hydrogen-bond donors (Lipinski definition) is 1. The van der Waals surface area contributed by atoms with Gasteiger partial charge in [-0.2, -0.15) is 9.41 Å². The molecule has 0 atom stereocenters. The smallest absolute Gasteiger partial charge is 0.295 e. The van der Waals surface area contributed by atoms with E-state index in [1.165, 1.54) is 16.4 Å². The Hall–Kier alpha value is -2.24. The highest BCUT2D eigenvalue weighted by Crippen LogP contribution is 2.30. The summed E-state index contributed by atoms with van der Waals surface area (Å²) in [6.07, 6.45) is 0. The summed E-state index contributed by atoms with van der Waals surface area (Å²) in [6, 6.07) is 8.53. The molecule has 160 valence electrons. The maximum absolute atomic E-state index is 12.8. The first-order chi connectivity index (χ1) is 14.2. The SMILES string of the molecule is C/C(=N/Nc1ccc(S(=O)(=O)N2CCOCC2)cc1[N+](=O)[O-])c1ccc(Cl)cc1Cl. The van der Waals surface area contributed by atoms with Gasteiger partial charge in [-0.25, -0.2) is 8.42 Å². The van der Waals surface area contributed by atoms with E-state index in [0.717, 1.165) is 6.07 Å². The molecule has 12 heteroatoms. The number of anilines is 1. The van der Waals surface area contributed by atoms with E-state index >= 15 is 0 Å². The molecule has 2 aromatic rings. The molecule has 0 bridgehead atoms. The molecule has 1 aliphatic rings. The van der Waals surface area contributed by atoms with Gasteiger partial charge in [0.1, 0.15) is 5.69 Å². The number of morpholine rings is 1. The molecule has 0 saturated carbocycles. The molecule has 2 aromatic carbocycles. The molecule has 30 heavy (non-hydrogen) atoms. The van der Waals surface area contributed by atoms with Gasteiger partial charge in [0.15, 0.2) is 0 Å². The van der Waals surface area contributed by atoms with Crippen molar-refractivity contribution in [3.05, 3.63) is 62.1 Å². The molecule has 0 aromatic heterocycles. The first-order valence-electron chi connectivity index (χ1n) is 8.82. The molecule has 0 unspecified atom stereocenters. The van der Waals surface area contributed by atoms with Gasteiger partial charge in [-0.15, -0.1) is 0 Å². The van der Waals surface area contributed by atoms with Crippen LogP contribution < -0.4 is 5.43 Å². The number of hydrogen-bond acceptors (Lipinski definition) is 7. The Morgan fingerprint density at radius 1 is 1.20 bits per heavy atom. The van der Waals surface area contributed by atoms with Crippen LogP contribution in [0.25, 0.3) is 0 Å². The van der Waals surface area contributed by atoms with Crippen molar-refractivity contribution in [3.8, 4) is 0 Å². The summed E-state index contributed by atoms with van der Waals surface area (Å²) in [7, 11) is -3.86. The van der Waals surface area contributed by atoms with Crippen LogP contribution in [0.5, 0.6) is 0 Å². The average molecular weight is 473 g/mol. The fourth-order valence-electron chi connectivity index (χ4n) is 2.84. The Morgan fingerprint density at radius 2 is 1.90 bits per heavy atom. The van der Waals surface area contributed by atoms with Crippen molar-refractivity contribution in [2.24, 2.45) is 5.10 Å². The Bertz CT molecular complexity index is 1100. The van der Waals surface area contributed by atoms with Crippen LogP contribution in [-0.4, -0.2) is 49.7 Å². The minimum Gasteiger partial charge on any atom is -0.379 e. The summed E-state index contributed by atoms with van der Waals surface area (Å²) in [5.74, 6) is 0. The van der Waals surface area contributed by atoms with Crippen LogP contribution in [0.3, 0.4) is 0 Å². The molecule has 3 rings (SSSR count). The fraction of sp³-hybridized carbons (Fsp3) is 0.278. The standard InChI is InChI=1S/C18H18Cl2N4O5S/c1-12(15-4-2-13(19)10-16(15)20)21-22-17-5-3-14(11-18(17)24(25)26)30(27,28)23-6-8-29-9-7-23/h2-5,10-11,22H,6-9H2,1H3/b21-12-. The molecule has 1 aliphatic heterocycles. The Balaban J connectivity index is 1.89. The number of nitro groups is 1. The Kier molecular flexibility index (Phi) is 6.94. The Morgan fingerprint density at radius 3 is 2.53 bits per heavy atom. The quantitative estimate of drug-likeness (QED) is 0.388. The predicted octanol–water partition coefficient (Wildman–Crippen LogP) is 3.76. The first-order valence-corrected chi connectivity index (χ1v) is 11.0. The van der Waals surface area contributed by atoms with Crippen molar-refractivity contribution in [2.45, 2.75) is 11.8 Å². The van der Waals surface area contributed by atoms with Crippen LogP contribution in [0.1, 0.15) is 12.5 Å². The van der Waals surface area contributed by atoms with E-state index in [1.54, 1.807) is 25.1 Å². The molecule has 1 saturated heterocycles. The van der Waals surface area contributed by atoms with Crippen LogP contribution >= 0.6 is 23.2 Å². The zero-order valence-corrected chi connectivity index (χ0v) is 18.2. The lowest BCUT2D eigenvalue weighted by molar-refractivity contribution is -0.384. The highest BCUT2D eigenvalue weighted by molar-refractivity contribution is 7.89. The maximum Gasteiger partial charge on any atom is 0.295 e. The van der Waals surface area contributed by atoms with Crippen molar-refractivity contribution < 1.29 is 18.1 Å². The maximum atomic E-state index is 12.8. The van der Waals surface area contributed by atoms with Crippen LogP contribution in [0.2, 0.25) is 10.0 Å². The van der Waals surface area contributed by atoms with E-state index in [1.807, 2.05) is 0 Å². The van der Waals surface area contributed by atoms with Crippen molar-refractivity contribution in [1.29, 1.82) is 0 Å². The highest BCUT2D eigenvalue weighted by atomic mass is 35.5. The average Bonchev–Trinajstić information content (AvgIpc) is 2.72. The van der Waals surface area contributed by atoms with Gasteiger partial charge in [0, 0.05) is 29.7 Å². The summed E-state index contributed by atoms with van der Waals surface area (Å²) in [5, 5.41) is 16.5. The van der Waals surface area contributed by atoms with E-state index in [-0.39, 0.29) is 36.9 Å². The van der Waals surface area contributed by atoms with Crippen LogP contribution in [0.4, 0.5) is 11.4 Å². The lowest BCUT2D eigenvalue weighted by Gasteiger charge is -2.26. The minimum atomic E-state index is -3.86. The second-order valence-electron chi connectivity index (χ2n) is 6.39. The molecule has 9 nitrogen and oxygen atoms in total. The largest absolute Gasteiger partial charge is 0.379 e. The summed E-state index contributed by atoms with van der Waals surface area (Å²) >= 11 is 12.0. The van der Waals surface area contributed by atoms with E-state index < -0.39 is 20.6 Å². The molecular formula is C18H18Cl2N4O5S. The predicted molar refractivity (Wildman–Crippen MR) is 115 cm³/mol. The second kappa shape index (κ2) is 9.27. The van der Waals surface area contributed by atoms with E-state index in [9.17, 15) is 18.5 Å². The summed E-state index contributed by atoms with van der Waals surface area (Å²) in [4.78, 5) is 10.7. The van der Waals surface area contributed by atoms with E-state index in [0.29, 0.717) is 21.3 Å². The number of ether oxygens (including phenoxy) is 1. The highest BCUT2D eigenvalue weighted by Gasteiger charge is 2.28. The van der Waals surface area contributed by atoms with Crippen molar-refractivity contribution in [3.63, 3.8) is 0 Å². The van der Waals surface area contributed by atoms with Gasteiger partial charge >= 0.3 is 0 Å². The lowest BCUT2D eigenvalue weighted by Crippen LogP contribution is -2.40. The van der Waals surface area contributed by atoms with Gasteiger partial charge < -0.3 is 4.74 Å². The zero-order chi connectivity index (χ0) is 21.9. The monoisotopic (exact) mass is 472 g/mol. The van der Waals surface area contributed by atoms with Crippen molar-refractivity contribution in [1.82, 2.24) is 4.31 Å². The first kappa shape index (κ1) is 22.4. The second-order valence-corrected chi connectivity index (χ2v) is 9.17. The molecule has 0 amide bonds. The summed E-state index contributed by atoms with van der Waals surface area (Å²) in [5.41, 5.74) is 3.32. The fourth-order valence-corrected chi connectivity index (χ4v) is 4.81. The summed E-state index contributed by atoms with van der Waals surface area (Å²) < 4.78 is 31.9. The van der Waals surface area contributed by atoms with Gasteiger partial charge in [-0.3, -0.25) is 15.5 Å². The molecule has 1 fully saturated rings. The molecule has 0 spiro atoms. The number of nitrogens with one attached hydrogen (secondary N) is 1. The van der Waals surface area contributed by atoms with Crippen LogP contribution in [-0.2, 0) is 14.8 Å². The van der Waals surface area contributed by atoms with Gasteiger partial charge in [-0.05, 0) is 31.2 Å². The molecular weight excluding hydrogens is 455 g/mol. The minimum absolute atomic E-state index is 0.0466. The third kappa shape index (κ3) is 4.90. The lowest BCUT2D eigenvalue weighted by atomic mass is 10.1. The van der Waals surface area contributed by atoms with Gasteiger partial charge in [0.2, 0.25) is 10.0 Å². The number of hydrazone groups is 1. The topological polar surface area (TPSA) is 114 Å². The molecule has 1 heterocycles. The third-order valence-electron chi connectivity index (χ3n) is 4.44. The van der Waals surface area contributed by atoms with Crippen molar-refractivity contribution in [2.75, 3.05) is 31.7 Å². The zero-order valence-electron chi connectivity index (χ0n) is 15.8. The number of halogens is 2. The molecule has 0 radical (unpaired) electrons. The van der Waals surface area contributed by atoms with Gasteiger partial charge in [-0.1, -0.05) is 29.3 Å². The third-order valence-corrected chi connectivity index (χ3v) is 6.88. The molecule has 0 aliphatic carbocycles. The normalized spacial score (nSPS) is 15.8.